The third kappa shape index (κ3) is 4.58. The molecule has 0 amide bonds. The molecule has 1 unspecified atom stereocenters. The van der Waals surface area contributed by atoms with Gasteiger partial charge in [0.2, 0.25) is 0 Å². The normalized spacial score (nSPS) is 16.4. The van der Waals surface area contributed by atoms with Crippen LogP contribution in [0.15, 0.2) is 207 Å². The second-order valence-electron chi connectivity index (χ2n) is 14.6. The predicted molar refractivity (Wildman–Crippen MR) is 230 cm³/mol. The molecule has 3 aliphatic rings. The van der Waals surface area contributed by atoms with Gasteiger partial charge in [0.25, 0.3) is 0 Å². The van der Waals surface area contributed by atoms with Gasteiger partial charge in [-0.05, 0) is 115 Å². The summed E-state index contributed by atoms with van der Waals surface area (Å²) in [6, 6.07) is 62.1. The molecule has 0 saturated heterocycles. The Morgan fingerprint density at radius 3 is 2.00 bits per heavy atom. The van der Waals surface area contributed by atoms with Crippen molar-refractivity contribution in [2.24, 2.45) is 0 Å². The smallest absolute Gasteiger partial charge is 0.194 e. The summed E-state index contributed by atoms with van der Waals surface area (Å²) in [7, 11) is 0. The minimum Gasteiger partial charge on any atom is -0.449 e. The minimum atomic E-state index is -0.565. The van der Waals surface area contributed by atoms with Crippen molar-refractivity contribution in [1.82, 2.24) is 0 Å². The number of fused-ring (bicyclic) bond motifs is 10. The van der Waals surface area contributed by atoms with Crippen LogP contribution in [0.4, 0.5) is 17.1 Å². The molecule has 0 N–H and O–H groups in total. The van der Waals surface area contributed by atoms with E-state index in [1.54, 1.807) is 0 Å². The van der Waals surface area contributed by atoms with Crippen molar-refractivity contribution in [3.8, 4) is 45.3 Å². The first-order valence-electron chi connectivity index (χ1n) is 19.0. The first-order chi connectivity index (χ1) is 27.6. The van der Waals surface area contributed by atoms with E-state index in [4.69, 9.17) is 9.47 Å². The van der Waals surface area contributed by atoms with Crippen LogP contribution < -0.4 is 14.4 Å². The number of hydrogen-bond acceptors (Lipinski definition) is 3. The van der Waals surface area contributed by atoms with Crippen LogP contribution in [0.1, 0.15) is 22.3 Å². The predicted octanol–water partition coefficient (Wildman–Crippen LogP) is 14.3. The standard InChI is InChI=1S/C53H35NO2/c1-3-15-44-34(2)41-22-9-11-24-45(41)53(44)46-25-12-10-23-42(46)43-32-50-51(33-47(43)53)55-49-27-14-26-48(52(49)56-50)54(40-29-28-36-18-7-8-19-37(36)31-40)39-21-13-20-38(30-39)35-16-5-4-6-17-35/h3-33H,1-2H2/b44-15+. The van der Waals surface area contributed by atoms with Gasteiger partial charge in [-0.1, -0.05) is 153 Å². The third-order valence-corrected chi connectivity index (χ3v) is 11.6. The van der Waals surface area contributed by atoms with Gasteiger partial charge in [-0.2, -0.15) is 0 Å². The number of ether oxygens (including phenoxy) is 2. The summed E-state index contributed by atoms with van der Waals surface area (Å²) in [5.41, 5.74) is 13.8. The van der Waals surface area contributed by atoms with E-state index in [0.717, 1.165) is 61.4 Å². The van der Waals surface area contributed by atoms with Crippen LogP contribution in [-0.4, -0.2) is 0 Å². The number of anilines is 3. The van der Waals surface area contributed by atoms with E-state index in [2.05, 4.69) is 182 Å². The van der Waals surface area contributed by atoms with Gasteiger partial charge in [0.15, 0.2) is 23.0 Å². The molecule has 1 heterocycles. The van der Waals surface area contributed by atoms with Crippen molar-refractivity contribution < 1.29 is 9.47 Å². The van der Waals surface area contributed by atoms with E-state index < -0.39 is 5.41 Å². The molecule has 1 spiro atoms. The Morgan fingerprint density at radius 2 is 1.16 bits per heavy atom. The van der Waals surface area contributed by atoms with E-state index in [-0.39, 0.29) is 0 Å². The van der Waals surface area contributed by atoms with Crippen molar-refractivity contribution >= 4 is 33.4 Å². The lowest BCUT2D eigenvalue weighted by Gasteiger charge is -2.32. The molecule has 3 heteroatoms. The highest BCUT2D eigenvalue weighted by Gasteiger charge is 2.53. The van der Waals surface area contributed by atoms with Crippen molar-refractivity contribution in [3.05, 3.63) is 229 Å². The van der Waals surface area contributed by atoms with Crippen molar-refractivity contribution in [2.45, 2.75) is 5.41 Å². The largest absolute Gasteiger partial charge is 0.449 e. The molecule has 0 saturated carbocycles. The summed E-state index contributed by atoms with van der Waals surface area (Å²) in [6.45, 7) is 8.73. The molecule has 0 aromatic heterocycles. The lowest BCUT2D eigenvalue weighted by atomic mass is 9.70. The summed E-state index contributed by atoms with van der Waals surface area (Å²) in [5.74, 6) is 2.66. The fourth-order valence-corrected chi connectivity index (χ4v) is 9.25. The van der Waals surface area contributed by atoms with E-state index in [0.29, 0.717) is 23.0 Å². The maximum Gasteiger partial charge on any atom is 0.194 e. The first-order valence-corrected chi connectivity index (χ1v) is 19.0. The Bertz CT molecular complexity index is 2970. The lowest BCUT2D eigenvalue weighted by Crippen LogP contribution is -2.26. The van der Waals surface area contributed by atoms with Gasteiger partial charge in [0.1, 0.15) is 0 Å². The SMILES string of the molecule is C=C/C=C1\C(=C)c2ccccc2C12c1ccccc1-c1cc3c(cc12)Oc1cccc(N(c2cccc(-c4ccccc4)c2)c2ccc4ccccc4c2)c1O3. The minimum absolute atomic E-state index is 0.565. The maximum atomic E-state index is 7.08. The van der Waals surface area contributed by atoms with E-state index >= 15 is 0 Å². The molecule has 264 valence electrons. The second kappa shape index (κ2) is 12.3. The fraction of sp³-hybridized carbons (Fsp3) is 0.0189. The third-order valence-electron chi connectivity index (χ3n) is 11.6. The molecule has 56 heavy (non-hydrogen) atoms. The van der Waals surface area contributed by atoms with Crippen LogP contribution in [0, 0.1) is 0 Å². The number of allylic oxidation sites excluding steroid dienone is 4. The topological polar surface area (TPSA) is 21.7 Å². The monoisotopic (exact) mass is 717 g/mol. The van der Waals surface area contributed by atoms with Gasteiger partial charge < -0.3 is 14.4 Å². The van der Waals surface area contributed by atoms with E-state index in [1.165, 1.54) is 22.1 Å². The molecular weight excluding hydrogens is 683 g/mol. The Hall–Kier alpha value is -7.36. The summed E-state index contributed by atoms with van der Waals surface area (Å²) < 4.78 is 14.0. The summed E-state index contributed by atoms with van der Waals surface area (Å²) in [6.07, 6.45) is 4.00. The zero-order chi connectivity index (χ0) is 37.4. The van der Waals surface area contributed by atoms with E-state index in [1.807, 2.05) is 24.3 Å². The molecule has 2 aliphatic carbocycles. The van der Waals surface area contributed by atoms with Crippen LogP contribution in [0.5, 0.6) is 23.0 Å². The number of para-hydroxylation sites is 1. The van der Waals surface area contributed by atoms with Crippen LogP contribution in [-0.2, 0) is 5.41 Å². The van der Waals surface area contributed by atoms with Crippen LogP contribution in [0.3, 0.4) is 0 Å². The highest BCUT2D eigenvalue weighted by Crippen LogP contribution is 2.65. The molecule has 3 nitrogen and oxygen atoms in total. The van der Waals surface area contributed by atoms with Crippen LogP contribution in [0.25, 0.3) is 38.6 Å². The highest BCUT2D eigenvalue weighted by molar-refractivity contribution is 6.00. The molecule has 8 aromatic rings. The van der Waals surface area contributed by atoms with E-state index in [9.17, 15) is 0 Å². The van der Waals surface area contributed by atoms with Gasteiger partial charge in [-0.3, -0.25) is 0 Å². The van der Waals surface area contributed by atoms with Gasteiger partial charge >= 0.3 is 0 Å². The zero-order valence-corrected chi connectivity index (χ0v) is 30.6. The maximum absolute atomic E-state index is 7.08. The first kappa shape index (κ1) is 32.1. The molecule has 1 aliphatic heterocycles. The Balaban J connectivity index is 1.09. The molecule has 8 aromatic carbocycles. The van der Waals surface area contributed by atoms with Crippen LogP contribution in [0.2, 0.25) is 0 Å². The molecule has 0 fully saturated rings. The summed E-state index contributed by atoms with van der Waals surface area (Å²) in [4.78, 5) is 2.27. The Labute approximate surface area is 326 Å². The average Bonchev–Trinajstić information content (AvgIpc) is 3.67. The molecule has 1 atom stereocenters. The van der Waals surface area contributed by atoms with Gasteiger partial charge in [0, 0.05) is 11.4 Å². The van der Waals surface area contributed by atoms with Gasteiger partial charge in [0.05, 0.1) is 11.1 Å². The fourth-order valence-electron chi connectivity index (χ4n) is 9.25. The summed E-state index contributed by atoms with van der Waals surface area (Å²) in [5, 5.41) is 2.34. The van der Waals surface area contributed by atoms with Crippen molar-refractivity contribution in [2.75, 3.05) is 4.90 Å². The zero-order valence-electron chi connectivity index (χ0n) is 30.6. The molecule has 0 bridgehead atoms. The average molecular weight is 718 g/mol. The number of nitrogens with zero attached hydrogens (tertiary/aromatic N) is 1. The second-order valence-corrected chi connectivity index (χ2v) is 14.6. The van der Waals surface area contributed by atoms with Gasteiger partial charge in [-0.25, -0.2) is 0 Å². The number of benzene rings is 8. The molecular formula is C53H35NO2. The Kier molecular flexibility index (Phi) is 7.07. The Morgan fingerprint density at radius 1 is 0.482 bits per heavy atom. The number of rotatable bonds is 5. The summed E-state index contributed by atoms with van der Waals surface area (Å²) >= 11 is 0. The molecule has 0 radical (unpaired) electrons. The van der Waals surface area contributed by atoms with Crippen molar-refractivity contribution in [3.63, 3.8) is 0 Å². The highest BCUT2D eigenvalue weighted by atomic mass is 16.6. The lowest BCUT2D eigenvalue weighted by molar-refractivity contribution is 0.360. The van der Waals surface area contributed by atoms with Gasteiger partial charge in [-0.15, -0.1) is 0 Å². The van der Waals surface area contributed by atoms with Crippen LogP contribution >= 0.6 is 0 Å². The van der Waals surface area contributed by atoms with Crippen molar-refractivity contribution in [1.29, 1.82) is 0 Å². The molecule has 11 rings (SSSR count). The number of hydrogen-bond donors (Lipinski definition) is 0. The quantitative estimate of drug-likeness (QED) is 0.177.